The van der Waals surface area contributed by atoms with Gasteiger partial charge in [0, 0.05) is 19.5 Å². The average Bonchev–Trinajstić information content (AvgIpc) is 2.70. The Morgan fingerprint density at radius 3 is 2.52 bits per heavy atom. The van der Waals surface area contributed by atoms with Gasteiger partial charge in [0.15, 0.2) is 9.84 Å². The highest BCUT2D eigenvalue weighted by atomic mass is 35.5. The molecule has 0 unspecified atom stereocenters. The number of aromatic nitrogens is 1. The van der Waals surface area contributed by atoms with Crippen molar-refractivity contribution in [2.45, 2.75) is 4.90 Å². The van der Waals surface area contributed by atoms with Crippen LogP contribution in [0.25, 0.3) is 0 Å². The summed E-state index contributed by atoms with van der Waals surface area (Å²) in [4.78, 5) is 12.2. The second-order valence-corrected chi connectivity index (χ2v) is 7.06. The number of sulfone groups is 1. The molecule has 0 bridgehead atoms. The predicted octanol–water partition coefficient (Wildman–Crippen LogP) is 1.92. The zero-order valence-corrected chi connectivity index (χ0v) is 13.0. The molecule has 0 aliphatic rings. The van der Waals surface area contributed by atoms with Crippen molar-refractivity contribution in [3.8, 4) is 0 Å². The van der Waals surface area contributed by atoms with Crippen molar-refractivity contribution < 1.29 is 13.2 Å². The molecule has 1 heterocycles. The number of nitrogens with zero attached hydrogens (tertiary/aromatic N) is 1. The predicted molar refractivity (Wildman–Crippen MR) is 82.3 cm³/mol. The fourth-order valence-electron chi connectivity index (χ4n) is 1.83. The molecule has 1 amide bonds. The van der Waals surface area contributed by atoms with Crippen molar-refractivity contribution in [1.82, 2.24) is 4.57 Å². The van der Waals surface area contributed by atoms with Crippen LogP contribution in [0.3, 0.4) is 0 Å². The summed E-state index contributed by atoms with van der Waals surface area (Å²) in [5, 5.41) is 2.83. The summed E-state index contributed by atoms with van der Waals surface area (Å²) >= 11 is 5.98. The third-order valence-electron chi connectivity index (χ3n) is 2.87. The lowest BCUT2D eigenvalue weighted by molar-refractivity contribution is 0.101. The van der Waals surface area contributed by atoms with Crippen LogP contribution in [0.5, 0.6) is 0 Å². The minimum atomic E-state index is -3.38. The van der Waals surface area contributed by atoms with E-state index in [9.17, 15) is 13.2 Å². The first-order valence-corrected chi connectivity index (χ1v) is 8.18. The summed E-state index contributed by atoms with van der Waals surface area (Å²) in [5.74, 6) is -0.429. The van der Waals surface area contributed by atoms with Crippen LogP contribution in [0.4, 0.5) is 11.4 Å². The number of hydrogen-bond donors (Lipinski definition) is 2. The second-order valence-electron chi connectivity index (χ2n) is 4.64. The second kappa shape index (κ2) is 5.42. The summed E-state index contributed by atoms with van der Waals surface area (Å²) in [5.41, 5.74) is 6.64. The molecule has 0 aliphatic carbocycles. The SMILES string of the molecule is Cn1cc(N)cc1C(=O)Nc1cc(S(C)(=O)=O)ccc1Cl. The lowest BCUT2D eigenvalue weighted by Gasteiger charge is -2.09. The van der Waals surface area contributed by atoms with Gasteiger partial charge in [-0.2, -0.15) is 0 Å². The summed E-state index contributed by atoms with van der Waals surface area (Å²) in [6.45, 7) is 0. The van der Waals surface area contributed by atoms with Crippen molar-refractivity contribution in [3.05, 3.63) is 41.2 Å². The molecule has 8 heteroatoms. The molecule has 1 aromatic carbocycles. The van der Waals surface area contributed by atoms with Crippen LogP contribution in [-0.2, 0) is 16.9 Å². The van der Waals surface area contributed by atoms with Gasteiger partial charge in [-0.25, -0.2) is 8.42 Å². The van der Waals surface area contributed by atoms with Gasteiger partial charge < -0.3 is 15.6 Å². The number of carbonyl (C=O) groups excluding carboxylic acids is 1. The standard InChI is InChI=1S/C13H14ClN3O3S/c1-17-7-8(15)5-12(17)13(18)16-11-6-9(21(2,19)20)3-4-10(11)14/h3-7H,15H2,1-2H3,(H,16,18). The molecule has 3 N–H and O–H groups in total. The van der Waals surface area contributed by atoms with E-state index in [1.54, 1.807) is 17.8 Å². The molecule has 6 nitrogen and oxygen atoms in total. The maximum atomic E-state index is 12.2. The van der Waals surface area contributed by atoms with E-state index in [1.807, 2.05) is 0 Å². The molecule has 0 spiro atoms. The smallest absolute Gasteiger partial charge is 0.272 e. The van der Waals surface area contributed by atoms with Gasteiger partial charge in [0.25, 0.3) is 5.91 Å². The molecule has 0 radical (unpaired) electrons. The number of anilines is 2. The van der Waals surface area contributed by atoms with E-state index in [0.717, 1.165) is 6.26 Å². The molecule has 21 heavy (non-hydrogen) atoms. The zero-order valence-electron chi connectivity index (χ0n) is 11.4. The topological polar surface area (TPSA) is 94.2 Å². The largest absolute Gasteiger partial charge is 0.397 e. The van der Waals surface area contributed by atoms with E-state index in [4.69, 9.17) is 17.3 Å². The monoisotopic (exact) mass is 327 g/mol. The average molecular weight is 328 g/mol. The number of rotatable bonds is 3. The number of halogens is 1. The van der Waals surface area contributed by atoms with Crippen LogP contribution in [0.1, 0.15) is 10.5 Å². The summed E-state index contributed by atoms with van der Waals surface area (Å²) in [7, 11) is -1.70. The zero-order chi connectivity index (χ0) is 15.8. The molecule has 0 fully saturated rings. The molecular weight excluding hydrogens is 314 g/mol. The van der Waals surface area contributed by atoms with Crippen LogP contribution in [0, 0.1) is 0 Å². The summed E-state index contributed by atoms with van der Waals surface area (Å²) < 4.78 is 24.6. The molecule has 2 aromatic rings. The minimum Gasteiger partial charge on any atom is -0.397 e. The van der Waals surface area contributed by atoms with E-state index >= 15 is 0 Å². The van der Waals surface area contributed by atoms with Gasteiger partial charge in [0.1, 0.15) is 5.69 Å². The lowest BCUT2D eigenvalue weighted by Crippen LogP contribution is -2.16. The quantitative estimate of drug-likeness (QED) is 0.900. The van der Waals surface area contributed by atoms with Gasteiger partial charge in [0.2, 0.25) is 0 Å². The molecular formula is C13H14ClN3O3S. The number of nitrogens with two attached hydrogens (primary N) is 1. The highest BCUT2D eigenvalue weighted by Gasteiger charge is 2.15. The Bertz CT molecular complexity index is 812. The fourth-order valence-corrected chi connectivity index (χ4v) is 2.64. The first kappa shape index (κ1) is 15.4. The van der Waals surface area contributed by atoms with Crippen molar-refractivity contribution in [3.63, 3.8) is 0 Å². The van der Waals surface area contributed by atoms with Crippen LogP contribution in [0.15, 0.2) is 35.4 Å². The molecule has 0 saturated heterocycles. The normalized spacial score (nSPS) is 11.4. The third-order valence-corrected chi connectivity index (χ3v) is 4.31. The van der Waals surface area contributed by atoms with E-state index in [1.165, 1.54) is 24.3 Å². The van der Waals surface area contributed by atoms with Crippen molar-refractivity contribution in [2.24, 2.45) is 7.05 Å². The van der Waals surface area contributed by atoms with Gasteiger partial charge in [-0.05, 0) is 24.3 Å². The molecule has 112 valence electrons. The fraction of sp³-hybridized carbons (Fsp3) is 0.154. The third kappa shape index (κ3) is 3.37. The summed E-state index contributed by atoms with van der Waals surface area (Å²) in [6, 6.07) is 5.65. The number of aryl methyl sites for hydroxylation is 1. The lowest BCUT2D eigenvalue weighted by atomic mass is 10.3. The van der Waals surface area contributed by atoms with Crippen LogP contribution < -0.4 is 11.1 Å². The van der Waals surface area contributed by atoms with Crippen molar-refractivity contribution in [2.75, 3.05) is 17.3 Å². The highest BCUT2D eigenvalue weighted by molar-refractivity contribution is 7.90. The Morgan fingerprint density at radius 1 is 1.33 bits per heavy atom. The molecule has 0 atom stereocenters. The van der Waals surface area contributed by atoms with Gasteiger partial charge in [-0.1, -0.05) is 11.6 Å². The number of hydrogen-bond acceptors (Lipinski definition) is 4. The Kier molecular flexibility index (Phi) is 3.97. The van der Waals surface area contributed by atoms with E-state index in [2.05, 4.69) is 5.32 Å². The Labute approximate surface area is 127 Å². The van der Waals surface area contributed by atoms with Crippen LogP contribution in [-0.4, -0.2) is 25.1 Å². The maximum absolute atomic E-state index is 12.2. The van der Waals surface area contributed by atoms with Gasteiger partial charge in [0.05, 0.1) is 21.3 Å². The van der Waals surface area contributed by atoms with Crippen molar-refractivity contribution in [1.29, 1.82) is 0 Å². The Hall–Kier alpha value is -1.99. The summed E-state index contributed by atoms with van der Waals surface area (Å²) in [6.07, 6.45) is 2.68. The van der Waals surface area contributed by atoms with E-state index in [0.29, 0.717) is 11.4 Å². The molecule has 0 aliphatic heterocycles. The Balaban J connectivity index is 2.35. The van der Waals surface area contributed by atoms with Gasteiger partial charge >= 0.3 is 0 Å². The first-order chi connectivity index (χ1) is 9.68. The van der Waals surface area contributed by atoms with E-state index in [-0.39, 0.29) is 15.6 Å². The number of amides is 1. The minimum absolute atomic E-state index is 0.0774. The molecule has 1 aromatic heterocycles. The van der Waals surface area contributed by atoms with E-state index < -0.39 is 15.7 Å². The number of carbonyl (C=O) groups is 1. The number of nitrogen functional groups attached to an aromatic ring is 1. The Morgan fingerprint density at radius 2 is 2.00 bits per heavy atom. The first-order valence-electron chi connectivity index (χ1n) is 5.91. The van der Waals surface area contributed by atoms with Crippen molar-refractivity contribution >= 4 is 38.7 Å². The van der Waals surface area contributed by atoms with Gasteiger partial charge in [-0.3, -0.25) is 4.79 Å². The molecule has 2 rings (SSSR count). The number of benzene rings is 1. The van der Waals surface area contributed by atoms with Crippen LogP contribution >= 0.6 is 11.6 Å². The highest BCUT2D eigenvalue weighted by Crippen LogP contribution is 2.26. The maximum Gasteiger partial charge on any atom is 0.272 e. The van der Waals surface area contributed by atoms with Crippen LogP contribution in [0.2, 0.25) is 5.02 Å². The molecule has 0 saturated carbocycles. The van der Waals surface area contributed by atoms with Gasteiger partial charge in [-0.15, -0.1) is 0 Å². The number of nitrogens with one attached hydrogen (secondary N) is 1.